The minimum Gasteiger partial charge on any atom is -0.366 e. The van der Waals surface area contributed by atoms with E-state index in [9.17, 15) is 13.2 Å². The highest BCUT2D eigenvalue weighted by molar-refractivity contribution is 7.89. The van der Waals surface area contributed by atoms with Crippen molar-refractivity contribution in [2.45, 2.75) is 31.6 Å². The molecule has 7 nitrogen and oxygen atoms in total. The third kappa shape index (κ3) is 4.59. The SMILES string of the molecule is NC(=O)c1cc(-c2ccsc2)cc2c(C3CCN(S(=O)(=O)CCN4CCCC4)CC3)c[nH]c12. The Morgan fingerprint density at radius 3 is 2.55 bits per heavy atom. The zero-order valence-corrected chi connectivity index (χ0v) is 20.3. The second-order valence-corrected chi connectivity index (χ2v) is 12.0. The van der Waals surface area contributed by atoms with E-state index in [0.717, 1.165) is 53.5 Å². The average Bonchev–Trinajstić information content (AvgIpc) is 3.59. The number of amides is 1. The lowest BCUT2D eigenvalue weighted by atomic mass is 9.88. The number of thiophene rings is 1. The molecule has 1 amide bonds. The number of hydrogen-bond acceptors (Lipinski definition) is 5. The van der Waals surface area contributed by atoms with Gasteiger partial charge in [-0.05, 0) is 90.3 Å². The number of carbonyl (C=O) groups excluding carboxylic acids is 1. The minimum absolute atomic E-state index is 0.205. The van der Waals surface area contributed by atoms with E-state index in [1.165, 1.54) is 12.8 Å². The maximum Gasteiger partial charge on any atom is 0.250 e. The summed E-state index contributed by atoms with van der Waals surface area (Å²) in [7, 11) is -3.24. The summed E-state index contributed by atoms with van der Waals surface area (Å²) in [5.41, 5.74) is 10.1. The molecule has 0 aliphatic carbocycles. The number of sulfonamides is 1. The number of piperidine rings is 1. The fraction of sp³-hybridized carbons (Fsp3) is 0.458. The van der Waals surface area contributed by atoms with Crippen molar-refractivity contribution in [2.24, 2.45) is 5.73 Å². The van der Waals surface area contributed by atoms with Crippen LogP contribution in [-0.4, -0.2) is 67.0 Å². The first-order chi connectivity index (χ1) is 15.9. The van der Waals surface area contributed by atoms with Gasteiger partial charge in [0.2, 0.25) is 10.0 Å². The van der Waals surface area contributed by atoms with E-state index in [-0.39, 0.29) is 11.7 Å². The number of primary amides is 1. The van der Waals surface area contributed by atoms with Crippen LogP contribution in [-0.2, 0) is 10.0 Å². The molecule has 0 radical (unpaired) electrons. The van der Waals surface area contributed by atoms with Crippen LogP contribution in [0.25, 0.3) is 22.0 Å². The smallest absolute Gasteiger partial charge is 0.250 e. The van der Waals surface area contributed by atoms with Crippen molar-refractivity contribution < 1.29 is 13.2 Å². The van der Waals surface area contributed by atoms with Gasteiger partial charge in [0.1, 0.15) is 0 Å². The van der Waals surface area contributed by atoms with Crippen LogP contribution >= 0.6 is 11.3 Å². The Bertz CT molecular complexity index is 1240. The number of nitrogens with two attached hydrogens (primary N) is 1. The molecular formula is C24H30N4O3S2. The highest BCUT2D eigenvalue weighted by Crippen LogP contribution is 2.37. The van der Waals surface area contributed by atoms with Gasteiger partial charge in [-0.25, -0.2) is 12.7 Å². The Hall–Kier alpha value is -2.20. The van der Waals surface area contributed by atoms with Gasteiger partial charge in [0.25, 0.3) is 5.91 Å². The van der Waals surface area contributed by atoms with Gasteiger partial charge in [0.05, 0.1) is 16.8 Å². The molecule has 4 heterocycles. The molecule has 1 aromatic carbocycles. The second-order valence-electron chi connectivity index (χ2n) is 9.10. The maximum atomic E-state index is 12.9. The minimum atomic E-state index is -3.24. The number of aromatic amines is 1. The van der Waals surface area contributed by atoms with E-state index >= 15 is 0 Å². The van der Waals surface area contributed by atoms with E-state index in [1.54, 1.807) is 15.6 Å². The van der Waals surface area contributed by atoms with Crippen molar-refractivity contribution in [1.82, 2.24) is 14.2 Å². The van der Waals surface area contributed by atoms with Crippen LogP contribution in [0.15, 0.2) is 35.2 Å². The summed E-state index contributed by atoms with van der Waals surface area (Å²) in [6.45, 7) is 3.72. The first kappa shape index (κ1) is 22.6. The molecule has 2 saturated heterocycles. The molecular weight excluding hydrogens is 456 g/mol. The number of benzene rings is 1. The first-order valence-corrected chi connectivity index (χ1v) is 14.1. The van der Waals surface area contributed by atoms with Gasteiger partial charge in [-0.1, -0.05) is 0 Å². The lowest BCUT2D eigenvalue weighted by molar-refractivity contribution is 0.100. The van der Waals surface area contributed by atoms with Gasteiger partial charge >= 0.3 is 0 Å². The number of aromatic nitrogens is 1. The Kier molecular flexibility index (Phi) is 6.30. The fourth-order valence-electron chi connectivity index (χ4n) is 5.21. The summed E-state index contributed by atoms with van der Waals surface area (Å²) in [5, 5.41) is 5.08. The number of likely N-dealkylation sites (tertiary alicyclic amines) is 1. The van der Waals surface area contributed by atoms with E-state index < -0.39 is 15.9 Å². The molecule has 176 valence electrons. The van der Waals surface area contributed by atoms with Crippen molar-refractivity contribution in [3.63, 3.8) is 0 Å². The molecule has 2 fully saturated rings. The number of hydrogen-bond donors (Lipinski definition) is 2. The Morgan fingerprint density at radius 1 is 1.12 bits per heavy atom. The Labute approximate surface area is 198 Å². The van der Waals surface area contributed by atoms with Crippen molar-refractivity contribution in [3.05, 3.63) is 46.3 Å². The lowest BCUT2D eigenvalue weighted by Gasteiger charge is -2.31. The highest BCUT2D eigenvalue weighted by Gasteiger charge is 2.30. The van der Waals surface area contributed by atoms with Crippen molar-refractivity contribution >= 4 is 38.2 Å². The topological polar surface area (TPSA) is 99.5 Å². The molecule has 0 unspecified atom stereocenters. The Balaban J connectivity index is 1.34. The van der Waals surface area contributed by atoms with Crippen LogP contribution in [0.1, 0.15) is 47.5 Å². The second kappa shape index (κ2) is 9.21. The van der Waals surface area contributed by atoms with Crippen LogP contribution in [0.5, 0.6) is 0 Å². The molecule has 5 rings (SSSR count). The van der Waals surface area contributed by atoms with Gasteiger partial charge in [-0.2, -0.15) is 11.3 Å². The van der Waals surface area contributed by atoms with Gasteiger partial charge in [-0.3, -0.25) is 4.79 Å². The molecule has 0 saturated carbocycles. The number of rotatable bonds is 7. The molecule has 2 aromatic heterocycles. The third-order valence-corrected chi connectivity index (χ3v) is 9.63. The normalized spacial score (nSPS) is 18.9. The number of nitrogens with one attached hydrogen (secondary N) is 1. The van der Waals surface area contributed by atoms with Gasteiger partial charge in [0, 0.05) is 31.2 Å². The van der Waals surface area contributed by atoms with Gasteiger partial charge < -0.3 is 15.6 Å². The molecule has 0 bridgehead atoms. The van der Waals surface area contributed by atoms with Gasteiger partial charge in [-0.15, -0.1) is 0 Å². The van der Waals surface area contributed by atoms with Crippen molar-refractivity contribution in [2.75, 3.05) is 38.5 Å². The number of nitrogens with zero attached hydrogens (tertiary/aromatic N) is 2. The summed E-state index contributed by atoms with van der Waals surface area (Å²) in [6.07, 6.45) is 5.84. The Morgan fingerprint density at radius 2 is 1.88 bits per heavy atom. The summed E-state index contributed by atoms with van der Waals surface area (Å²) in [6, 6.07) is 6.01. The molecule has 3 aromatic rings. The van der Waals surface area contributed by atoms with Crippen LogP contribution in [0, 0.1) is 0 Å². The molecule has 33 heavy (non-hydrogen) atoms. The maximum absolute atomic E-state index is 12.9. The molecule has 0 spiro atoms. The van der Waals surface area contributed by atoms with Crippen LogP contribution < -0.4 is 5.73 Å². The number of fused-ring (bicyclic) bond motifs is 1. The summed E-state index contributed by atoms with van der Waals surface area (Å²) < 4.78 is 27.4. The fourth-order valence-corrected chi connectivity index (χ4v) is 7.38. The quantitative estimate of drug-likeness (QED) is 0.533. The van der Waals surface area contributed by atoms with Crippen LogP contribution in [0.3, 0.4) is 0 Å². The predicted molar refractivity (Wildman–Crippen MR) is 133 cm³/mol. The zero-order chi connectivity index (χ0) is 23.0. The van der Waals surface area contributed by atoms with E-state index in [0.29, 0.717) is 25.2 Å². The van der Waals surface area contributed by atoms with Crippen molar-refractivity contribution in [1.29, 1.82) is 0 Å². The van der Waals surface area contributed by atoms with Gasteiger partial charge in [0.15, 0.2) is 0 Å². The van der Waals surface area contributed by atoms with E-state index in [4.69, 9.17) is 5.73 Å². The average molecular weight is 487 g/mol. The highest BCUT2D eigenvalue weighted by atomic mass is 32.2. The molecule has 0 atom stereocenters. The summed E-state index contributed by atoms with van der Waals surface area (Å²) in [5.74, 6) is -0.0110. The number of H-pyrrole nitrogens is 1. The molecule has 3 N–H and O–H groups in total. The van der Waals surface area contributed by atoms with Crippen LogP contribution in [0.2, 0.25) is 0 Å². The molecule has 2 aliphatic rings. The largest absolute Gasteiger partial charge is 0.366 e. The standard InChI is InChI=1S/C24H30N4O3S2/c25-24(29)21-14-19(18-5-11-32-16-18)13-20-22(15-26-23(20)21)17-3-8-28(9-4-17)33(30,31)12-10-27-6-1-2-7-27/h5,11,13-17,26H,1-4,6-10,12H2,(H2,25,29). The predicted octanol–water partition coefficient (Wildman–Crippen LogP) is 3.60. The van der Waals surface area contributed by atoms with E-state index in [2.05, 4.69) is 21.3 Å². The molecule has 9 heteroatoms. The first-order valence-electron chi connectivity index (χ1n) is 11.6. The monoisotopic (exact) mass is 486 g/mol. The summed E-state index contributed by atoms with van der Waals surface area (Å²) in [4.78, 5) is 17.7. The van der Waals surface area contributed by atoms with E-state index in [1.807, 2.05) is 23.7 Å². The molecule has 2 aliphatic heterocycles. The third-order valence-electron chi connectivity index (χ3n) is 7.09. The summed E-state index contributed by atoms with van der Waals surface area (Å²) >= 11 is 1.61. The van der Waals surface area contributed by atoms with Crippen molar-refractivity contribution in [3.8, 4) is 11.1 Å². The van der Waals surface area contributed by atoms with Crippen LogP contribution in [0.4, 0.5) is 0 Å². The lowest BCUT2D eigenvalue weighted by Crippen LogP contribution is -2.41. The number of carbonyl (C=O) groups is 1. The zero-order valence-electron chi connectivity index (χ0n) is 18.6.